The van der Waals surface area contributed by atoms with E-state index < -0.39 is 5.97 Å². The summed E-state index contributed by atoms with van der Waals surface area (Å²) in [6.07, 6.45) is 1.06. The Balaban J connectivity index is 2.18. The summed E-state index contributed by atoms with van der Waals surface area (Å²) in [6.45, 7) is 2.30. The van der Waals surface area contributed by atoms with Crippen molar-refractivity contribution >= 4 is 23.6 Å². The van der Waals surface area contributed by atoms with Gasteiger partial charge < -0.3 is 10.4 Å². The largest absolute Gasteiger partial charge is 0.481 e. The summed E-state index contributed by atoms with van der Waals surface area (Å²) in [4.78, 5) is 22.0. The average Bonchev–Trinajstić information content (AvgIpc) is 2.65. The van der Waals surface area contributed by atoms with Crippen molar-refractivity contribution < 1.29 is 14.7 Å². The smallest absolute Gasteiger partial charge is 0.303 e. The van der Waals surface area contributed by atoms with E-state index in [1.54, 1.807) is 11.8 Å². The van der Waals surface area contributed by atoms with E-state index in [1.165, 1.54) is 0 Å². The van der Waals surface area contributed by atoms with Gasteiger partial charge in [-0.25, -0.2) is 0 Å². The number of hydrogen-bond donors (Lipinski definition) is 2. The molecule has 1 heterocycles. The number of carboxylic acid groups (broad SMARTS) is 1. The Hall–Kier alpha value is -0.710. The first-order valence-corrected chi connectivity index (χ1v) is 6.32. The predicted octanol–water partition coefficient (Wildman–Crippen LogP) is 0.966. The SMILES string of the molecule is CC(CNC(=O)C1CCSC1)CC(=O)O. The molecule has 86 valence electrons. The highest BCUT2D eigenvalue weighted by Gasteiger charge is 2.23. The number of aliphatic carboxylic acids is 1. The molecule has 2 atom stereocenters. The molecule has 1 fully saturated rings. The molecule has 2 unspecified atom stereocenters. The van der Waals surface area contributed by atoms with Crippen LogP contribution in [0.25, 0.3) is 0 Å². The van der Waals surface area contributed by atoms with Gasteiger partial charge in [-0.2, -0.15) is 11.8 Å². The lowest BCUT2D eigenvalue weighted by atomic mass is 10.1. The van der Waals surface area contributed by atoms with E-state index in [0.717, 1.165) is 17.9 Å². The fourth-order valence-corrected chi connectivity index (χ4v) is 2.75. The number of hydrogen-bond acceptors (Lipinski definition) is 3. The first kappa shape index (κ1) is 12.4. The summed E-state index contributed by atoms with van der Waals surface area (Å²) in [5.41, 5.74) is 0. The van der Waals surface area contributed by atoms with Crippen molar-refractivity contribution in [2.45, 2.75) is 19.8 Å². The fourth-order valence-electron chi connectivity index (χ4n) is 1.53. The third-order valence-electron chi connectivity index (χ3n) is 2.45. The van der Waals surface area contributed by atoms with Gasteiger partial charge in [-0.05, 0) is 18.1 Å². The van der Waals surface area contributed by atoms with Crippen LogP contribution in [0.15, 0.2) is 0 Å². The van der Waals surface area contributed by atoms with Gasteiger partial charge in [-0.3, -0.25) is 9.59 Å². The van der Waals surface area contributed by atoms with Crippen LogP contribution in [0.2, 0.25) is 0 Å². The molecule has 5 heteroatoms. The van der Waals surface area contributed by atoms with Crippen molar-refractivity contribution in [2.75, 3.05) is 18.1 Å². The summed E-state index contributed by atoms with van der Waals surface area (Å²) in [5, 5.41) is 11.4. The molecule has 15 heavy (non-hydrogen) atoms. The van der Waals surface area contributed by atoms with Gasteiger partial charge in [0, 0.05) is 24.6 Å². The number of carboxylic acids is 1. The molecule has 0 aliphatic carbocycles. The van der Waals surface area contributed by atoms with Crippen molar-refractivity contribution in [1.82, 2.24) is 5.32 Å². The minimum absolute atomic E-state index is 0.000469. The molecule has 0 spiro atoms. The molecule has 0 saturated carbocycles. The van der Waals surface area contributed by atoms with E-state index >= 15 is 0 Å². The minimum atomic E-state index is -0.812. The lowest BCUT2D eigenvalue weighted by molar-refractivity contribution is -0.138. The van der Waals surface area contributed by atoms with Crippen molar-refractivity contribution in [3.63, 3.8) is 0 Å². The maximum absolute atomic E-state index is 11.6. The fraction of sp³-hybridized carbons (Fsp3) is 0.800. The normalized spacial score (nSPS) is 22.3. The topological polar surface area (TPSA) is 66.4 Å². The lowest BCUT2D eigenvalue weighted by Crippen LogP contribution is -2.34. The summed E-state index contributed by atoms with van der Waals surface area (Å²) in [5.74, 6) is 1.36. The third kappa shape index (κ3) is 4.55. The Kier molecular flexibility index (Phi) is 4.94. The van der Waals surface area contributed by atoms with Crippen LogP contribution in [-0.4, -0.2) is 35.0 Å². The number of carbonyl (C=O) groups excluding carboxylic acids is 1. The second-order valence-electron chi connectivity index (χ2n) is 4.01. The highest BCUT2D eigenvalue weighted by Crippen LogP contribution is 2.23. The van der Waals surface area contributed by atoms with Crippen LogP contribution >= 0.6 is 11.8 Å². The Bertz CT molecular complexity index is 239. The Morgan fingerprint density at radius 3 is 2.87 bits per heavy atom. The number of thioether (sulfide) groups is 1. The van der Waals surface area contributed by atoms with E-state index in [4.69, 9.17) is 5.11 Å². The number of nitrogens with one attached hydrogen (secondary N) is 1. The first-order chi connectivity index (χ1) is 7.09. The molecule has 1 aliphatic rings. The molecule has 4 nitrogen and oxygen atoms in total. The zero-order valence-electron chi connectivity index (χ0n) is 8.86. The molecular formula is C10H17NO3S. The second-order valence-corrected chi connectivity index (χ2v) is 5.16. The quantitative estimate of drug-likeness (QED) is 0.740. The van der Waals surface area contributed by atoms with E-state index in [-0.39, 0.29) is 24.2 Å². The number of carbonyl (C=O) groups is 2. The molecule has 1 aliphatic heterocycles. The van der Waals surface area contributed by atoms with Gasteiger partial charge in [0.15, 0.2) is 0 Å². The van der Waals surface area contributed by atoms with Crippen molar-refractivity contribution in [1.29, 1.82) is 0 Å². The van der Waals surface area contributed by atoms with Gasteiger partial charge in [0.05, 0.1) is 0 Å². The first-order valence-electron chi connectivity index (χ1n) is 5.17. The van der Waals surface area contributed by atoms with Gasteiger partial charge >= 0.3 is 5.97 Å². The van der Waals surface area contributed by atoms with Gasteiger partial charge in [0.1, 0.15) is 0 Å². The monoisotopic (exact) mass is 231 g/mol. The summed E-state index contributed by atoms with van der Waals surface area (Å²) < 4.78 is 0. The van der Waals surface area contributed by atoms with Crippen LogP contribution in [0.4, 0.5) is 0 Å². The Labute approximate surface area is 93.8 Å². The summed E-state index contributed by atoms with van der Waals surface area (Å²) >= 11 is 1.80. The minimum Gasteiger partial charge on any atom is -0.481 e. The van der Waals surface area contributed by atoms with Crippen LogP contribution in [0.1, 0.15) is 19.8 Å². The van der Waals surface area contributed by atoms with E-state index in [0.29, 0.717) is 6.54 Å². The highest BCUT2D eigenvalue weighted by atomic mass is 32.2. The third-order valence-corrected chi connectivity index (χ3v) is 3.61. The Morgan fingerprint density at radius 1 is 1.60 bits per heavy atom. The molecule has 0 aromatic carbocycles. The van der Waals surface area contributed by atoms with Crippen LogP contribution in [0, 0.1) is 11.8 Å². The molecule has 0 bridgehead atoms. The highest BCUT2D eigenvalue weighted by molar-refractivity contribution is 7.99. The van der Waals surface area contributed by atoms with Gasteiger partial charge in [0.25, 0.3) is 0 Å². The van der Waals surface area contributed by atoms with Gasteiger partial charge in [-0.1, -0.05) is 6.92 Å². The van der Waals surface area contributed by atoms with Crippen molar-refractivity contribution in [3.05, 3.63) is 0 Å². The maximum Gasteiger partial charge on any atom is 0.303 e. The van der Waals surface area contributed by atoms with E-state index in [2.05, 4.69) is 5.32 Å². The van der Waals surface area contributed by atoms with Gasteiger partial charge in [0.2, 0.25) is 5.91 Å². The van der Waals surface area contributed by atoms with E-state index in [9.17, 15) is 9.59 Å². The lowest BCUT2D eigenvalue weighted by Gasteiger charge is -2.13. The van der Waals surface area contributed by atoms with Crippen molar-refractivity contribution in [3.8, 4) is 0 Å². The second kappa shape index (κ2) is 6.00. The summed E-state index contributed by atoms with van der Waals surface area (Å²) in [7, 11) is 0. The number of amides is 1. The molecule has 0 radical (unpaired) electrons. The zero-order valence-corrected chi connectivity index (χ0v) is 9.68. The molecule has 2 N–H and O–H groups in total. The van der Waals surface area contributed by atoms with E-state index in [1.807, 2.05) is 6.92 Å². The molecule has 1 rings (SSSR count). The molecule has 0 aromatic rings. The molecule has 0 aromatic heterocycles. The molecular weight excluding hydrogens is 214 g/mol. The maximum atomic E-state index is 11.6. The molecule has 1 amide bonds. The standard InChI is InChI=1S/C10H17NO3S/c1-7(4-9(12)13)5-11-10(14)8-2-3-15-6-8/h7-8H,2-6H2,1H3,(H,11,14)(H,12,13). The van der Waals surface area contributed by atoms with Crippen LogP contribution < -0.4 is 5.32 Å². The average molecular weight is 231 g/mol. The van der Waals surface area contributed by atoms with Crippen LogP contribution in [0.3, 0.4) is 0 Å². The van der Waals surface area contributed by atoms with Crippen LogP contribution in [-0.2, 0) is 9.59 Å². The zero-order chi connectivity index (χ0) is 11.3. The predicted molar refractivity (Wildman–Crippen MR) is 59.9 cm³/mol. The van der Waals surface area contributed by atoms with Crippen LogP contribution in [0.5, 0.6) is 0 Å². The molecule has 1 saturated heterocycles. The Morgan fingerprint density at radius 2 is 2.33 bits per heavy atom. The number of rotatable bonds is 5. The van der Waals surface area contributed by atoms with Gasteiger partial charge in [-0.15, -0.1) is 0 Å². The summed E-state index contributed by atoms with van der Waals surface area (Å²) in [6, 6.07) is 0. The van der Waals surface area contributed by atoms with Crippen molar-refractivity contribution in [2.24, 2.45) is 11.8 Å².